The van der Waals surface area contributed by atoms with E-state index in [9.17, 15) is 9.59 Å². The van der Waals surface area contributed by atoms with Crippen LogP contribution >= 0.6 is 0 Å². The van der Waals surface area contributed by atoms with E-state index in [1.807, 2.05) is 24.3 Å². The van der Waals surface area contributed by atoms with Gasteiger partial charge >= 0.3 is 5.97 Å². The molecule has 3 aromatic carbocycles. The lowest BCUT2D eigenvalue weighted by molar-refractivity contribution is -0.136. The van der Waals surface area contributed by atoms with Crippen molar-refractivity contribution < 1.29 is 23.8 Å². The monoisotopic (exact) mass is 428 g/mol. The summed E-state index contributed by atoms with van der Waals surface area (Å²) < 4.78 is 10.9. The van der Waals surface area contributed by atoms with E-state index in [4.69, 9.17) is 14.3 Å². The molecule has 0 aliphatic heterocycles. The molecule has 160 valence electrons. The van der Waals surface area contributed by atoms with Crippen LogP contribution in [0.4, 0.5) is 5.69 Å². The van der Waals surface area contributed by atoms with Crippen LogP contribution in [0.5, 0.6) is 5.75 Å². The Labute approximate surface area is 184 Å². The summed E-state index contributed by atoms with van der Waals surface area (Å²) in [6, 6.07) is 19.6. The smallest absolute Gasteiger partial charge is 0.307 e. The van der Waals surface area contributed by atoms with Gasteiger partial charge in [-0.15, -0.1) is 0 Å². The number of rotatable bonds is 7. The Morgan fingerprint density at radius 2 is 1.81 bits per heavy atom. The fourth-order valence-corrected chi connectivity index (χ4v) is 3.15. The number of aromatic nitrogens is 1. The second-order valence-corrected chi connectivity index (χ2v) is 7.06. The van der Waals surface area contributed by atoms with Crippen LogP contribution in [0.15, 0.2) is 77.2 Å². The first kappa shape index (κ1) is 20.9. The summed E-state index contributed by atoms with van der Waals surface area (Å²) in [7, 11) is 1.60. The predicted octanol–water partition coefficient (Wildman–Crippen LogP) is 4.78. The van der Waals surface area contributed by atoms with Crippen molar-refractivity contribution in [3.63, 3.8) is 0 Å². The second-order valence-electron chi connectivity index (χ2n) is 7.06. The van der Waals surface area contributed by atoms with Crippen molar-refractivity contribution in [2.45, 2.75) is 6.42 Å². The highest BCUT2D eigenvalue weighted by Gasteiger charge is 2.10. The molecule has 0 unspecified atom stereocenters. The molecule has 0 saturated carbocycles. The van der Waals surface area contributed by atoms with Gasteiger partial charge in [0.2, 0.25) is 11.8 Å². The standard InChI is InChI=1S/C25H20N2O5/c1-31-20-10-2-16(3-11-20)5-13-23(28)26-19-8-6-18(7-9-19)25-27-21-14-17(15-24(29)30)4-12-22(21)32-25/h2-14H,15H2,1H3,(H,26,28)(H,29,30)/b13-5+. The number of benzene rings is 3. The van der Waals surface area contributed by atoms with Gasteiger partial charge in [-0.3, -0.25) is 9.59 Å². The van der Waals surface area contributed by atoms with Crippen molar-refractivity contribution in [1.29, 1.82) is 0 Å². The highest BCUT2D eigenvalue weighted by molar-refractivity contribution is 6.02. The van der Waals surface area contributed by atoms with Gasteiger partial charge < -0.3 is 19.6 Å². The number of carboxylic acid groups (broad SMARTS) is 1. The molecule has 0 atom stereocenters. The first-order valence-electron chi connectivity index (χ1n) is 9.85. The minimum Gasteiger partial charge on any atom is -0.497 e. The minimum atomic E-state index is -0.899. The number of aliphatic carboxylic acids is 1. The number of carbonyl (C=O) groups excluding carboxylic acids is 1. The Bertz CT molecular complexity index is 1290. The predicted molar refractivity (Wildman–Crippen MR) is 121 cm³/mol. The van der Waals surface area contributed by atoms with Gasteiger partial charge in [-0.25, -0.2) is 4.98 Å². The lowest BCUT2D eigenvalue weighted by atomic mass is 10.1. The van der Waals surface area contributed by atoms with E-state index in [-0.39, 0.29) is 12.3 Å². The third kappa shape index (κ3) is 5.02. The maximum Gasteiger partial charge on any atom is 0.307 e. The second kappa shape index (κ2) is 9.18. The van der Waals surface area contributed by atoms with Gasteiger partial charge in [-0.2, -0.15) is 0 Å². The lowest BCUT2D eigenvalue weighted by Crippen LogP contribution is -2.07. The zero-order valence-corrected chi connectivity index (χ0v) is 17.2. The van der Waals surface area contributed by atoms with Gasteiger partial charge in [-0.1, -0.05) is 18.2 Å². The van der Waals surface area contributed by atoms with E-state index in [1.165, 1.54) is 6.08 Å². The Hall–Kier alpha value is -4.39. The van der Waals surface area contributed by atoms with Crippen LogP contribution in [0.1, 0.15) is 11.1 Å². The van der Waals surface area contributed by atoms with E-state index in [0.29, 0.717) is 28.2 Å². The van der Waals surface area contributed by atoms with E-state index in [0.717, 1.165) is 16.9 Å². The third-order valence-corrected chi connectivity index (χ3v) is 4.75. The molecule has 4 aromatic rings. The molecule has 7 nitrogen and oxygen atoms in total. The first-order chi connectivity index (χ1) is 15.5. The molecule has 0 aliphatic rings. The number of nitrogens with one attached hydrogen (secondary N) is 1. The van der Waals surface area contributed by atoms with Crippen LogP contribution in [0.25, 0.3) is 28.6 Å². The number of nitrogens with zero attached hydrogens (tertiary/aromatic N) is 1. The summed E-state index contributed by atoms with van der Waals surface area (Å²) in [5.74, 6) is 0.0297. The van der Waals surface area contributed by atoms with Crippen molar-refractivity contribution in [2.75, 3.05) is 12.4 Å². The summed E-state index contributed by atoms with van der Waals surface area (Å²) in [4.78, 5) is 27.5. The first-order valence-corrected chi connectivity index (χ1v) is 9.85. The Morgan fingerprint density at radius 1 is 1.06 bits per heavy atom. The van der Waals surface area contributed by atoms with E-state index in [2.05, 4.69) is 10.3 Å². The average molecular weight is 428 g/mol. The fourth-order valence-electron chi connectivity index (χ4n) is 3.15. The van der Waals surface area contributed by atoms with E-state index >= 15 is 0 Å². The normalized spacial score (nSPS) is 11.0. The zero-order chi connectivity index (χ0) is 22.5. The molecular formula is C25H20N2O5. The maximum absolute atomic E-state index is 12.2. The SMILES string of the molecule is COc1ccc(/C=C/C(=O)Nc2ccc(-c3nc4cc(CC(=O)O)ccc4o3)cc2)cc1. The zero-order valence-electron chi connectivity index (χ0n) is 17.2. The molecule has 0 spiro atoms. The molecule has 0 saturated heterocycles. The Balaban J connectivity index is 1.42. The lowest BCUT2D eigenvalue weighted by Gasteiger charge is -2.03. The van der Waals surface area contributed by atoms with Crippen molar-refractivity contribution in [3.05, 3.63) is 83.9 Å². The van der Waals surface area contributed by atoms with Gasteiger partial charge in [0.15, 0.2) is 5.58 Å². The molecule has 0 aliphatic carbocycles. The van der Waals surface area contributed by atoms with Gasteiger partial charge in [0.25, 0.3) is 0 Å². The molecule has 0 radical (unpaired) electrons. The number of oxazole rings is 1. The molecule has 0 bridgehead atoms. The van der Waals surface area contributed by atoms with Crippen LogP contribution in [-0.4, -0.2) is 29.1 Å². The highest BCUT2D eigenvalue weighted by atomic mass is 16.5. The van der Waals surface area contributed by atoms with Gasteiger partial charge in [0.05, 0.1) is 13.5 Å². The largest absolute Gasteiger partial charge is 0.497 e. The number of ether oxygens (including phenoxy) is 1. The molecule has 1 amide bonds. The van der Waals surface area contributed by atoms with Crippen LogP contribution in [-0.2, 0) is 16.0 Å². The topological polar surface area (TPSA) is 102 Å². The van der Waals surface area contributed by atoms with E-state index in [1.54, 1.807) is 55.7 Å². The van der Waals surface area contributed by atoms with Gasteiger partial charge in [0, 0.05) is 17.3 Å². The van der Waals surface area contributed by atoms with Crippen LogP contribution in [0.3, 0.4) is 0 Å². The molecule has 4 rings (SSSR count). The minimum absolute atomic E-state index is 0.0700. The van der Waals surface area contributed by atoms with Crippen molar-refractivity contribution in [2.24, 2.45) is 0 Å². The molecule has 2 N–H and O–H groups in total. The third-order valence-electron chi connectivity index (χ3n) is 4.75. The number of hydrogen-bond donors (Lipinski definition) is 2. The summed E-state index contributed by atoms with van der Waals surface area (Å²) in [6.07, 6.45) is 3.12. The van der Waals surface area contributed by atoms with E-state index < -0.39 is 5.97 Å². The number of methoxy groups -OCH3 is 1. The number of fused-ring (bicyclic) bond motifs is 1. The quantitative estimate of drug-likeness (QED) is 0.411. The number of carbonyl (C=O) groups is 2. The molecule has 1 aromatic heterocycles. The van der Waals surface area contributed by atoms with Crippen molar-refractivity contribution in [1.82, 2.24) is 4.98 Å². The average Bonchev–Trinajstić information content (AvgIpc) is 3.21. The number of amides is 1. The Morgan fingerprint density at radius 3 is 2.50 bits per heavy atom. The maximum atomic E-state index is 12.2. The number of anilines is 1. The van der Waals surface area contributed by atoms with Crippen molar-refractivity contribution >= 4 is 34.7 Å². The van der Waals surface area contributed by atoms with Gasteiger partial charge in [-0.05, 0) is 65.7 Å². The molecular weight excluding hydrogens is 408 g/mol. The number of carboxylic acids is 1. The summed E-state index contributed by atoms with van der Waals surface area (Å²) in [5.41, 5.74) is 4.10. The molecule has 1 heterocycles. The Kier molecular flexibility index (Phi) is 5.98. The van der Waals surface area contributed by atoms with Crippen LogP contribution in [0, 0.1) is 0 Å². The molecule has 7 heteroatoms. The highest BCUT2D eigenvalue weighted by Crippen LogP contribution is 2.26. The fraction of sp³-hybridized carbons (Fsp3) is 0.0800. The van der Waals surface area contributed by atoms with Crippen molar-refractivity contribution in [3.8, 4) is 17.2 Å². The van der Waals surface area contributed by atoms with Gasteiger partial charge in [0.1, 0.15) is 11.3 Å². The molecule has 32 heavy (non-hydrogen) atoms. The summed E-state index contributed by atoms with van der Waals surface area (Å²) in [6.45, 7) is 0. The van der Waals surface area contributed by atoms with Crippen LogP contribution in [0.2, 0.25) is 0 Å². The molecule has 0 fully saturated rings. The summed E-state index contributed by atoms with van der Waals surface area (Å²) in [5, 5.41) is 11.7. The van der Waals surface area contributed by atoms with Crippen LogP contribution < -0.4 is 10.1 Å². The summed E-state index contributed by atoms with van der Waals surface area (Å²) >= 11 is 0. The number of hydrogen-bond acceptors (Lipinski definition) is 5.